The van der Waals surface area contributed by atoms with Crippen LogP contribution in [0.1, 0.15) is 26.3 Å². The maximum absolute atomic E-state index is 13.1. The molecular formula is C15H20FN3O2S. The van der Waals surface area contributed by atoms with Crippen LogP contribution in [0.15, 0.2) is 40.5 Å². The molecule has 5 nitrogen and oxygen atoms in total. The standard InChI is InChI=1S/C15H20FN3O2S/c1-9(2)13-10(3)14(11-5-7-12(16)8-6-11)18-15(17-13)19-22(4,20)21/h5-9,15,17,19H,1-4H3. The van der Waals surface area contributed by atoms with Crippen LogP contribution in [0.5, 0.6) is 0 Å². The molecule has 0 radical (unpaired) electrons. The van der Waals surface area contributed by atoms with Crippen molar-refractivity contribution in [3.8, 4) is 0 Å². The summed E-state index contributed by atoms with van der Waals surface area (Å²) in [5.74, 6) is -0.149. The average Bonchev–Trinajstić information content (AvgIpc) is 2.39. The molecule has 0 bridgehead atoms. The van der Waals surface area contributed by atoms with Gasteiger partial charge in [-0.3, -0.25) is 0 Å². The van der Waals surface area contributed by atoms with Crippen LogP contribution in [0.25, 0.3) is 0 Å². The van der Waals surface area contributed by atoms with E-state index in [-0.39, 0.29) is 11.7 Å². The fraction of sp³-hybridized carbons (Fsp3) is 0.400. The van der Waals surface area contributed by atoms with Gasteiger partial charge in [-0.15, -0.1) is 0 Å². The largest absolute Gasteiger partial charge is 0.354 e. The highest BCUT2D eigenvalue weighted by Crippen LogP contribution is 2.22. The number of benzene rings is 1. The van der Waals surface area contributed by atoms with Gasteiger partial charge in [-0.1, -0.05) is 13.8 Å². The Morgan fingerprint density at radius 1 is 1.27 bits per heavy atom. The highest BCUT2D eigenvalue weighted by Gasteiger charge is 2.24. The fourth-order valence-corrected chi connectivity index (χ4v) is 2.92. The lowest BCUT2D eigenvalue weighted by atomic mass is 9.96. The first-order valence-electron chi connectivity index (χ1n) is 6.96. The van der Waals surface area contributed by atoms with Crippen LogP contribution in [-0.2, 0) is 10.0 Å². The molecule has 1 aromatic rings. The zero-order valence-corrected chi connectivity index (χ0v) is 13.8. The van der Waals surface area contributed by atoms with Crippen molar-refractivity contribution in [1.82, 2.24) is 10.0 Å². The zero-order valence-electron chi connectivity index (χ0n) is 13.0. The predicted octanol–water partition coefficient (Wildman–Crippen LogP) is 1.98. The third-order valence-electron chi connectivity index (χ3n) is 3.33. The van der Waals surface area contributed by atoms with E-state index in [4.69, 9.17) is 0 Å². The van der Waals surface area contributed by atoms with E-state index in [0.29, 0.717) is 5.71 Å². The number of allylic oxidation sites excluding steroid dienone is 2. The van der Waals surface area contributed by atoms with Crippen molar-refractivity contribution in [3.63, 3.8) is 0 Å². The smallest absolute Gasteiger partial charge is 0.211 e. The van der Waals surface area contributed by atoms with Gasteiger partial charge in [-0.2, -0.15) is 4.72 Å². The van der Waals surface area contributed by atoms with E-state index in [1.807, 2.05) is 20.8 Å². The summed E-state index contributed by atoms with van der Waals surface area (Å²) in [7, 11) is -3.40. The molecule has 1 atom stereocenters. The van der Waals surface area contributed by atoms with Gasteiger partial charge in [-0.25, -0.2) is 17.8 Å². The van der Waals surface area contributed by atoms with Gasteiger partial charge in [0.15, 0.2) is 6.29 Å². The predicted molar refractivity (Wildman–Crippen MR) is 85.4 cm³/mol. The zero-order chi connectivity index (χ0) is 16.5. The van der Waals surface area contributed by atoms with Gasteiger partial charge >= 0.3 is 0 Å². The first-order chi connectivity index (χ1) is 10.2. The second-order valence-electron chi connectivity index (χ2n) is 5.61. The lowest BCUT2D eigenvalue weighted by Crippen LogP contribution is -2.47. The number of aliphatic imine (C=N–C) groups is 1. The molecule has 0 spiro atoms. The molecule has 0 saturated heterocycles. The second-order valence-corrected chi connectivity index (χ2v) is 7.39. The van der Waals surface area contributed by atoms with Crippen molar-refractivity contribution in [3.05, 3.63) is 46.9 Å². The highest BCUT2D eigenvalue weighted by molar-refractivity contribution is 7.88. The van der Waals surface area contributed by atoms with Crippen LogP contribution in [0.2, 0.25) is 0 Å². The molecule has 0 aromatic heterocycles. The summed E-state index contributed by atoms with van der Waals surface area (Å²) in [6.07, 6.45) is 0.318. The Hall–Kier alpha value is -1.73. The molecule has 1 aromatic carbocycles. The Balaban J connectivity index is 2.47. The van der Waals surface area contributed by atoms with E-state index >= 15 is 0 Å². The van der Waals surface area contributed by atoms with Gasteiger partial charge in [0.1, 0.15) is 5.82 Å². The SMILES string of the molecule is CC1=C(C(C)C)NC(NS(C)(=O)=O)N=C1c1ccc(F)cc1. The molecular weight excluding hydrogens is 305 g/mol. The molecule has 0 amide bonds. The maximum atomic E-state index is 13.1. The lowest BCUT2D eigenvalue weighted by Gasteiger charge is -2.29. The van der Waals surface area contributed by atoms with Gasteiger partial charge in [0.05, 0.1) is 12.0 Å². The maximum Gasteiger partial charge on any atom is 0.211 e. The number of rotatable bonds is 4. The summed E-state index contributed by atoms with van der Waals surface area (Å²) in [6, 6.07) is 6.00. The molecule has 2 rings (SSSR count). The van der Waals surface area contributed by atoms with Crippen LogP contribution < -0.4 is 10.0 Å². The van der Waals surface area contributed by atoms with Crippen LogP contribution in [0, 0.1) is 11.7 Å². The third kappa shape index (κ3) is 3.92. The number of sulfonamides is 1. The molecule has 0 aliphatic carbocycles. The van der Waals surface area contributed by atoms with Crippen molar-refractivity contribution < 1.29 is 12.8 Å². The summed E-state index contributed by atoms with van der Waals surface area (Å²) in [5.41, 5.74) is 3.24. The summed E-state index contributed by atoms with van der Waals surface area (Å²) >= 11 is 0. The Kier molecular flexibility index (Phi) is 4.67. The first-order valence-corrected chi connectivity index (χ1v) is 8.85. The van der Waals surface area contributed by atoms with Gasteiger partial charge in [0.2, 0.25) is 10.0 Å². The third-order valence-corrected chi connectivity index (χ3v) is 3.98. The Morgan fingerprint density at radius 3 is 2.36 bits per heavy atom. The van der Waals surface area contributed by atoms with Gasteiger partial charge in [-0.05, 0) is 42.7 Å². The minimum atomic E-state index is -3.40. The van der Waals surface area contributed by atoms with Crippen LogP contribution in [-0.4, -0.2) is 26.7 Å². The number of nitrogens with zero attached hydrogens (tertiary/aromatic N) is 1. The Bertz CT molecular complexity index is 722. The summed E-state index contributed by atoms with van der Waals surface area (Å²) in [4.78, 5) is 4.42. The summed E-state index contributed by atoms with van der Waals surface area (Å²) in [5, 5.41) is 3.10. The van der Waals surface area contributed by atoms with Crippen molar-refractivity contribution in [2.75, 3.05) is 6.26 Å². The van der Waals surface area contributed by atoms with Gasteiger partial charge in [0.25, 0.3) is 0 Å². The van der Waals surface area contributed by atoms with Gasteiger partial charge < -0.3 is 5.32 Å². The molecule has 2 N–H and O–H groups in total. The monoisotopic (exact) mass is 325 g/mol. The van der Waals surface area contributed by atoms with E-state index in [0.717, 1.165) is 23.1 Å². The first kappa shape index (κ1) is 16.6. The number of halogens is 1. The lowest BCUT2D eigenvalue weighted by molar-refractivity contribution is 0.494. The number of nitrogens with one attached hydrogen (secondary N) is 2. The number of hydrogen-bond acceptors (Lipinski definition) is 4. The van der Waals surface area contributed by atoms with Crippen LogP contribution >= 0.6 is 0 Å². The second kappa shape index (κ2) is 6.18. The molecule has 1 aliphatic heterocycles. The molecule has 0 saturated carbocycles. The summed E-state index contributed by atoms with van der Waals surface area (Å²) < 4.78 is 38.5. The quantitative estimate of drug-likeness (QED) is 0.889. The Labute approximate surface area is 130 Å². The molecule has 1 unspecified atom stereocenters. The molecule has 1 aliphatic rings. The van der Waals surface area contributed by atoms with E-state index in [1.165, 1.54) is 12.1 Å². The van der Waals surface area contributed by atoms with E-state index < -0.39 is 16.3 Å². The van der Waals surface area contributed by atoms with Crippen molar-refractivity contribution in [2.24, 2.45) is 10.9 Å². The molecule has 7 heteroatoms. The van der Waals surface area contributed by atoms with Gasteiger partial charge in [0, 0.05) is 11.3 Å². The average molecular weight is 325 g/mol. The van der Waals surface area contributed by atoms with Crippen LogP contribution in [0.3, 0.4) is 0 Å². The molecule has 120 valence electrons. The van der Waals surface area contributed by atoms with Crippen molar-refractivity contribution >= 4 is 15.7 Å². The topological polar surface area (TPSA) is 70.6 Å². The molecule has 0 fully saturated rings. The molecule has 1 heterocycles. The summed E-state index contributed by atoms with van der Waals surface area (Å²) in [6.45, 7) is 5.94. The fourth-order valence-electron chi connectivity index (χ4n) is 2.40. The van der Waals surface area contributed by atoms with Crippen LogP contribution in [0.4, 0.5) is 4.39 Å². The molecule has 22 heavy (non-hydrogen) atoms. The minimum absolute atomic E-state index is 0.176. The Morgan fingerprint density at radius 2 is 1.86 bits per heavy atom. The van der Waals surface area contributed by atoms with Crippen molar-refractivity contribution in [2.45, 2.75) is 27.1 Å². The minimum Gasteiger partial charge on any atom is -0.354 e. The van der Waals surface area contributed by atoms with E-state index in [9.17, 15) is 12.8 Å². The van der Waals surface area contributed by atoms with E-state index in [1.54, 1.807) is 12.1 Å². The number of hydrogen-bond donors (Lipinski definition) is 2. The highest BCUT2D eigenvalue weighted by atomic mass is 32.2. The normalized spacial score (nSPS) is 19.2. The van der Waals surface area contributed by atoms with Crippen molar-refractivity contribution in [1.29, 1.82) is 0 Å². The van der Waals surface area contributed by atoms with E-state index in [2.05, 4.69) is 15.0 Å².